The van der Waals surface area contributed by atoms with Crippen molar-refractivity contribution in [1.29, 1.82) is 0 Å². The summed E-state index contributed by atoms with van der Waals surface area (Å²) < 4.78 is 5.35. The molecule has 3 fully saturated rings. The molecular weight excluding hydrogens is 396 g/mol. The number of morpholine rings is 1. The van der Waals surface area contributed by atoms with Crippen LogP contribution < -0.4 is 15.1 Å². The fourth-order valence-corrected chi connectivity index (χ4v) is 5.63. The molecule has 1 saturated carbocycles. The fourth-order valence-electron chi connectivity index (χ4n) is 5.63. The van der Waals surface area contributed by atoms with Crippen molar-refractivity contribution in [3.8, 4) is 0 Å². The van der Waals surface area contributed by atoms with Gasteiger partial charge < -0.3 is 19.9 Å². The average Bonchev–Trinajstić information content (AvgIpc) is 2.84. The van der Waals surface area contributed by atoms with E-state index in [1.54, 1.807) is 17.0 Å². The third kappa shape index (κ3) is 5.01. The number of piperidine rings is 1. The molecule has 2 aliphatic heterocycles. The van der Waals surface area contributed by atoms with Crippen LogP contribution in [0.25, 0.3) is 0 Å². The van der Waals surface area contributed by atoms with Crippen LogP contribution in [-0.4, -0.2) is 62.3 Å². The first kappa shape index (κ1) is 22.0. The van der Waals surface area contributed by atoms with Crippen LogP contribution in [0.4, 0.5) is 11.4 Å². The molecular formula is C23H35N4O4+. The van der Waals surface area contributed by atoms with Crippen LogP contribution in [0.3, 0.4) is 0 Å². The van der Waals surface area contributed by atoms with Crippen molar-refractivity contribution < 1.29 is 19.4 Å². The summed E-state index contributed by atoms with van der Waals surface area (Å²) in [5, 5.41) is 14.9. The van der Waals surface area contributed by atoms with Crippen molar-refractivity contribution in [2.75, 3.05) is 50.8 Å². The number of quaternary nitrogens is 1. The Morgan fingerprint density at radius 2 is 1.77 bits per heavy atom. The Hall–Kier alpha value is -2.19. The zero-order valence-electron chi connectivity index (χ0n) is 18.4. The van der Waals surface area contributed by atoms with Gasteiger partial charge in [-0.2, -0.15) is 0 Å². The first-order chi connectivity index (χ1) is 15.1. The quantitative estimate of drug-likeness (QED) is 0.531. The molecule has 1 aliphatic carbocycles. The molecule has 8 heteroatoms. The minimum atomic E-state index is -0.387. The highest BCUT2D eigenvalue weighted by Crippen LogP contribution is 2.30. The average molecular weight is 432 g/mol. The maximum atomic E-state index is 13.0. The van der Waals surface area contributed by atoms with Crippen LogP contribution in [0.2, 0.25) is 0 Å². The summed E-state index contributed by atoms with van der Waals surface area (Å²) in [7, 11) is 0. The number of benzene rings is 1. The van der Waals surface area contributed by atoms with Gasteiger partial charge in [0.15, 0.2) is 0 Å². The van der Waals surface area contributed by atoms with E-state index in [9.17, 15) is 14.9 Å². The number of hydrogen-bond acceptors (Lipinski definition) is 5. The van der Waals surface area contributed by atoms with Crippen molar-refractivity contribution in [1.82, 2.24) is 5.32 Å². The summed E-state index contributed by atoms with van der Waals surface area (Å²) in [5.74, 6) is -0.210. The predicted molar refractivity (Wildman–Crippen MR) is 119 cm³/mol. The molecule has 4 rings (SSSR count). The molecule has 3 aliphatic rings. The second-order valence-electron chi connectivity index (χ2n) is 9.25. The number of amides is 1. The van der Waals surface area contributed by atoms with Gasteiger partial charge in [-0.1, -0.05) is 6.42 Å². The standard InChI is InChI=1S/C23H34N4O4/c28-22(24-18-23(9-3-1-4-10-23)26-11-5-2-6-12-26)19-7-8-20(21(17-19)27(29)30)25-13-15-31-16-14-25/h7-8,17H,1-6,9-16,18H2,(H,24,28)/p+1. The summed E-state index contributed by atoms with van der Waals surface area (Å²) in [6.07, 6.45) is 9.86. The maximum Gasteiger partial charge on any atom is 0.293 e. The van der Waals surface area contributed by atoms with E-state index >= 15 is 0 Å². The number of nitro benzene ring substituents is 1. The number of likely N-dealkylation sites (tertiary alicyclic amines) is 1. The van der Waals surface area contributed by atoms with Crippen LogP contribution >= 0.6 is 0 Å². The Morgan fingerprint density at radius 3 is 2.45 bits per heavy atom. The third-order valence-electron chi connectivity index (χ3n) is 7.39. The third-order valence-corrected chi connectivity index (χ3v) is 7.39. The molecule has 0 spiro atoms. The van der Waals surface area contributed by atoms with Gasteiger partial charge in [-0.05, 0) is 44.2 Å². The first-order valence-corrected chi connectivity index (χ1v) is 11.8. The number of nitrogens with zero attached hydrogens (tertiary/aromatic N) is 2. The van der Waals surface area contributed by atoms with E-state index in [0.717, 1.165) is 12.8 Å². The highest BCUT2D eigenvalue weighted by Gasteiger charge is 2.42. The number of anilines is 1. The summed E-state index contributed by atoms with van der Waals surface area (Å²) in [4.78, 5) is 27.9. The maximum absolute atomic E-state index is 13.0. The van der Waals surface area contributed by atoms with E-state index in [1.807, 2.05) is 4.90 Å². The van der Waals surface area contributed by atoms with Crippen molar-refractivity contribution >= 4 is 17.3 Å². The molecule has 0 unspecified atom stereocenters. The lowest BCUT2D eigenvalue weighted by Crippen LogP contribution is -3.22. The van der Waals surface area contributed by atoms with Gasteiger partial charge in [-0.25, -0.2) is 0 Å². The number of ether oxygens (including phenoxy) is 1. The summed E-state index contributed by atoms with van der Waals surface area (Å²) in [5.41, 5.74) is 1.03. The molecule has 1 aromatic rings. The van der Waals surface area contributed by atoms with Gasteiger partial charge in [-0.15, -0.1) is 0 Å². The van der Waals surface area contributed by atoms with Crippen LogP contribution in [0.15, 0.2) is 18.2 Å². The Labute approximate surface area is 184 Å². The van der Waals surface area contributed by atoms with Crippen molar-refractivity contribution in [2.45, 2.75) is 56.9 Å². The minimum absolute atomic E-state index is 0.0106. The van der Waals surface area contributed by atoms with Crippen LogP contribution in [0, 0.1) is 10.1 Å². The first-order valence-electron chi connectivity index (χ1n) is 11.8. The molecule has 2 heterocycles. The summed E-state index contributed by atoms with van der Waals surface area (Å²) >= 11 is 0. The number of rotatable bonds is 6. The fraction of sp³-hybridized carbons (Fsp3) is 0.696. The van der Waals surface area contributed by atoms with E-state index in [1.165, 1.54) is 57.7 Å². The van der Waals surface area contributed by atoms with Gasteiger partial charge in [0.1, 0.15) is 11.2 Å². The predicted octanol–water partition coefficient (Wildman–Crippen LogP) is 1.93. The highest BCUT2D eigenvalue weighted by atomic mass is 16.6. The van der Waals surface area contributed by atoms with Gasteiger partial charge in [0, 0.05) is 37.6 Å². The second-order valence-corrected chi connectivity index (χ2v) is 9.25. The van der Waals surface area contributed by atoms with Gasteiger partial charge in [0.05, 0.1) is 37.8 Å². The Kier molecular flexibility index (Phi) is 7.07. The molecule has 0 radical (unpaired) electrons. The smallest absolute Gasteiger partial charge is 0.293 e. The second kappa shape index (κ2) is 9.96. The molecule has 8 nitrogen and oxygen atoms in total. The van der Waals surface area contributed by atoms with Crippen LogP contribution in [0.1, 0.15) is 61.7 Å². The highest BCUT2D eigenvalue weighted by molar-refractivity contribution is 5.95. The molecule has 0 atom stereocenters. The SMILES string of the molecule is O=C(NCC1([NH+]2CCCCC2)CCCCC1)c1ccc(N2CCOCC2)c([N+](=O)[O-])c1. The molecule has 31 heavy (non-hydrogen) atoms. The van der Waals surface area contributed by atoms with Crippen molar-refractivity contribution in [3.05, 3.63) is 33.9 Å². The topological polar surface area (TPSA) is 89.2 Å². The van der Waals surface area contributed by atoms with E-state index < -0.39 is 0 Å². The lowest BCUT2D eigenvalue weighted by molar-refractivity contribution is -0.957. The van der Waals surface area contributed by atoms with Crippen LogP contribution in [0.5, 0.6) is 0 Å². The molecule has 170 valence electrons. The monoisotopic (exact) mass is 431 g/mol. The number of carbonyl (C=O) groups excluding carboxylic acids is 1. The largest absolute Gasteiger partial charge is 0.378 e. The lowest BCUT2D eigenvalue weighted by atomic mass is 9.79. The van der Waals surface area contributed by atoms with Crippen LogP contribution in [-0.2, 0) is 4.74 Å². The summed E-state index contributed by atoms with van der Waals surface area (Å²) in [6, 6.07) is 4.86. The van der Waals surface area contributed by atoms with E-state index in [4.69, 9.17) is 4.74 Å². The number of nitrogens with one attached hydrogen (secondary N) is 2. The number of nitro groups is 1. The molecule has 0 bridgehead atoms. The van der Waals surface area contributed by atoms with Gasteiger partial charge in [0.25, 0.3) is 11.6 Å². The molecule has 1 amide bonds. The number of hydrogen-bond donors (Lipinski definition) is 2. The Bertz CT molecular complexity index is 782. The summed E-state index contributed by atoms with van der Waals surface area (Å²) in [6.45, 7) is 5.38. The normalized spacial score (nSPS) is 22.1. The molecule has 2 N–H and O–H groups in total. The van der Waals surface area contributed by atoms with E-state index in [0.29, 0.717) is 44.1 Å². The Balaban J connectivity index is 1.48. The van der Waals surface area contributed by atoms with E-state index in [-0.39, 0.29) is 22.1 Å². The minimum Gasteiger partial charge on any atom is -0.378 e. The van der Waals surface area contributed by atoms with Gasteiger partial charge in [0.2, 0.25) is 0 Å². The van der Waals surface area contributed by atoms with Crippen molar-refractivity contribution in [3.63, 3.8) is 0 Å². The zero-order chi connectivity index (χ0) is 21.7. The van der Waals surface area contributed by atoms with E-state index in [2.05, 4.69) is 5.32 Å². The van der Waals surface area contributed by atoms with Crippen molar-refractivity contribution in [2.24, 2.45) is 0 Å². The van der Waals surface area contributed by atoms with Gasteiger partial charge >= 0.3 is 0 Å². The lowest BCUT2D eigenvalue weighted by Gasteiger charge is -2.45. The Morgan fingerprint density at radius 1 is 1.10 bits per heavy atom. The molecule has 1 aromatic carbocycles. The number of carbonyl (C=O) groups is 1. The molecule has 2 saturated heterocycles. The van der Waals surface area contributed by atoms with Gasteiger partial charge in [-0.3, -0.25) is 14.9 Å². The zero-order valence-corrected chi connectivity index (χ0v) is 18.4. The molecule has 0 aromatic heterocycles.